The third kappa shape index (κ3) is 5.55. The predicted molar refractivity (Wildman–Crippen MR) is 101 cm³/mol. The van der Waals surface area contributed by atoms with Crippen LogP contribution in [0.3, 0.4) is 0 Å². The van der Waals surface area contributed by atoms with Gasteiger partial charge >= 0.3 is 6.18 Å². The summed E-state index contributed by atoms with van der Waals surface area (Å²) in [6.45, 7) is 2.62. The second-order valence-corrected chi connectivity index (χ2v) is 7.20. The molecule has 0 aliphatic carbocycles. The van der Waals surface area contributed by atoms with Crippen molar-refractivity contribution in [2.24, 2.45) is 5.73 Å². The molecule has 2 N–H and O–H groups in total. The molecule has 3 rings (SSSR count). The average Bonchev–Trinajstić information content (AvgIpc) is 2.67. The molecule has 0 bridgehead atoms. The molecule has 1 aliphatic rings. The number of nitrogens with zero attached hydrogens (tertiary/aromatic N) is 2. The molecule has 0 aromatic heterocycles. The van der Waals surface area contributed by atoms with Gasteiger partial charge in [-0.1, -0.05) is 30.3 Å². The van der Waals surface area contributed by atoms with Gasteiger partial charge in [0.25, 0.3) is 0 Å². The highest BCUT2D eigenvalue weighted by Gasteiger charge is 2.34. The van der Waals surface area contributed by atoms with Crippen LogP contribution in [-0.2, 0) is 23.9 Å². The second-order valence-electron chi connectivity index (χ2n) is 7.20. The Morgan fingerprint density at radius 3 is 2.38 bits per heavy atom. The number of nitrogens with two attached hydrogens (primary N) is 1. The third-order valence-corrected chi connectivity index (χ3v) is 5.06. The van der Waals surface area contributed by atoms with Crippen molar-refractivity contribution in [3.8, 4) is 0 Å². The van der Waals surface area contributed by atoms with Gasteiger partial charge in [-0.2, -0.15) is 13.2 Å². The van der Waals surface area contributed by atoms with Crippen LogP contribution < -0.4 is 5.73 Å². The highest BCUT2D eigenvalue weighted by Crippen LogP contribution is 2.32. The van der Waals surface area contributed by atoms with Crippen LogP contribution in [0.1, 0.15) is 16.7 Å². The molecule has 2 aromatic carbocycles. The summed E-state index contributed by atoms with van der Waals surface area (Å²) in [5.74, 6) is -0.645. The molecule has 29 heavy (non-hydrogen) atoms. The summed E-state index contributed by atoms with van der Waals surface area (Å²) in [6.07, 6.45) is -4.65. The highest BCUT2D eigenvalue weighted by atomic mass is 19.4. The summed E-state index contributed by atoms with van der Waals surface area (Å²) in [4.78, 5) is 16.3. The monoisotopic (exact) mass is 409 g/mol. The lowest BCUT2D eigenvalue weighted by atomic mass is 9.99. The van der Waals surface area contributed by atoms with E-state index in [9.17, 15) is 22.4 Å². The highest BCUT2D eigenvalue weighted by molar-refractivity contribution is 5.82. The maximum absolute atomic E-state index is 13.3. The summed E-state index contributed by atoms with van der Waals surface area (Å²) < 4.78 is 52.7. The molecule has 1 unspecified atom stereocenters. The molecular weight excluding hydrogens is 386 g/mol. The second kappa shape index (κ2) is 8.92. The Morgan fingerprint density at radius 1 is 1.03 bits per heavy atom. The van der Waals surface area contributed by atoms with E-state index in [1.165, 1.54) is 30.3 Å². The molecule has 1 saturated heterocycles. The van der Waals surface area contributed by atoms with Crippen molar-refractivity contribution in [2.75, 3.05) is 26.2 Å². The number of carbonyl (C=O) groups is 1. The molecule has 156 valence electrons. The van der Waals surface area contributed by atoms with Gasteiger partial charge in [0.1, 0.15) is 5.82 Å². The van der Waals surface area contributed by atoms with Crippen LogP contribution in [0.15, 0.2) is 48.5 Å². The van der Waals surface area contributed by atoms with Crippen molar-refractivity contribution in [3.05, 3.63) is 71.0 Å². The van der Waals surface area contributed by atoms with Crippen LogP contribution in [0.5, 0.6) is 0 Å². The molecule has 4 nitrogen and oxygen atoms in total. The minimum atomic E-state index is -4.48. The van der Waals surface area contributed by atoms with Crippen molar-refractivity contribution in [2.45, 2.75) is 25.2 Å². The molecule has 1 atom stereocenters. The minimum absolute atomic E-state index is 0.0191. The number of hydrogen-bond acceptors (Lipinski definition) is 3. The number of alkyl halides is 3. The van der Waals surface area contributed by atoms with Gasteiger partial charge in [-0.25, -0.2) is 4.39 Å². The molecule has 2 aromatic rings. The molecule has 1 aliphatic heterocycles. The summed E-state index contributed by atoms with van der Waals surface area (Å²) in [7, 11) is 0. The number of amides is 1. The molecule has 8 heteroatoms. The number of halogens is 4. The molecule has 1 fully saturated rings. The first-order valence-electron chi connectivity index (χ1n) is 9.40. The van der Waals surface area contributed by atoms with Gasteiger partial charge in [0.15, 0.2) is 0 Å². The fourth-order valence-corrected chi connectivity index (χ4v) is 3.55. The number of carbonyl (C=O) groups excluding carboxylic acids is 1. The number of piperazine rings is 1. The van der Waals surface area contributed by atoms with Crippen molar-refractivity contribution < 1.29 is 22.4 Å². The molecule has 0 radical (unpaired) electrons. The van der Waals surface area contributed by atoms with E-state index < -0.39 is 17.8 Å². The van der Waals surface area contributed by atoms with E-state index in [0.29, 0.717) is 32.7 Å². The summed E-state index contributed by atoms with van der Waals surface area (Å²) in [5, 5.41) is 0. The zero-order valence-corrected chi connectivity index (χ0v) is 15.8. The standard InChI is InChI=1S/C21H23F4N3O/c22-17-6-3-4-15(12-17)14-27-8-10-28(11-9-27)20(29)19(26)13-16-5-1-2-7-18(16)21(23,24)25/h1-7,12,19H,8-11,13-14,26H2. The largest absolute Gasteiger partial charge is 0.416 e. The first-order valence-corrected chi connectivity index (χ1v) is 9.40. The van der Waals surface area contributed by atoms with Crippen molar-refractivity contribution >= 4 is 5.91 Å². The van der Waals surface area contributed by atoms with Crippen molar-refractivity contribution in [1.82, 2.24) is 9.80 Å². The Hall–Kier alpha value is -2.45. The van der Waals surface area contributed by atoms with E-state index in [1.807, 2.05) is 6.07 Å². The van der Waals surface area contributed by atoms with Gasteiger partial charge in [-0.05, 0) is 35.7 Å². The van der Waals surface area contributed by atoms with Crippen LogP contribution in [0.25, 0.3) is 0 Å². The maximum atomic E-state index is 13.3. The Balaban J connectivity index is 1.55. The van der Waals surface area contributed by atoms with Gasteiger partial charge in [-0.15, -0.1) is 0 Å². The van der Waals surface area contributed by atoms with E-state index in [1.54, 1.807) is 11.0 Å². The topological polar surface area (TPSA) is 49.6 Å². The normalized spacial score (nSPS) is 16.7. The lowest BCUT2D eigenvalue weighted by Crippen LogP contribution is -2.53. The van der Waals surface area contributed by atoms with E-state index >= 15 is 0 Å². The molecular formula is C21H23F4N3O. The zero-order valence-electron chi connectivity index (χ0n) is 15.8. The average molecular weight is 409 g/mol. The summed E-state index contributed by atoms with van der Waals surface area (Å²) in [5.41, 5.74) is 6.06. The van der Waals surface area contributed by atoms with Crippen molar-refractivity contribution in [1.29, 1.82) is 0 Å². The van der Waals surface area contributed by atoms with Gasteiger partial charge in [-0.3, -0.25) is 9.69 Å². The smallest absolute Gasteiger partial charge is 0.339 e. The van der Waals surface area contributed by atoms with Crippen LogP contribution in [0.2, 0.25) is 0 Å². The molecule has 0 spiro atoms. The predicted octanol–water partition coefficient (Wildman–Crippen LogP) is 3.06. The zero-order chi connectivity index (χ0) is 21.0. The summed E-state index contributed by atoms with van der Waals surface area (Å²) >= 11 is 0. The molecule has 1 heterocycles. The Morgan fingerprint density at radius 2 is 1.72 bits per heavy atom. The van der Waals surface area contributed by atoms with Gasteiger partial charge in [0, 0.05) is 32.7 Å². The van der Waals surface area contributed by atoms with E-state index in [-0.39, 0.29) is 23.7 Å². The van der Waals surface area contributed by atoms with Gasteiger partial charge in [0.2, 0.25) is 5.91 Å². The first-order chi connectivity index (χ1) is 13.7. The lowest BCUT2D eigenvalue weighted by molar-refractivity contribution is -0.139. The van der Waals surface area contributed by atoms with Crippen LogP contribution in [0, 0.1) is 5.82 Å². The maximum Gasteiger partial charge on any atom is 0.416 e. The Bertz CT molecular complexity index is 848. The lowest BCUT2D eigenvalue weighted by Gasteiger charge is -2.36. The van der Waals surface area contributed by atoms with Crippen LogP contribution >= 0.6 is 0 Å². The fraction of sp³-hybridized carbons (Fsp3) is 0.381. The quantitative estimate of drug-likeness (QED) is 0.773. The van der Waals surface area contributed by atoms with Crippen molar-refractivity contribution in [3.63, 3.8) is 0 Å². The SMILES string of the molecule is NC(Cc1ccccc1C(F)(F)F)C(=O)N1CCN(Cc2cccc(F)c2)CC1. The van der Waals surface area contributed by atoms with Crippen LogP contribution in [-0.4, -0.2) is 47.9 Å². The van der Waals surface area contributed by atoms with E-state index in [0.717, 1.165) is 11.6 Å². The Labute approximate surface area is 166 Å². The Kier molecular flexibility index (Phi) is 6.54. The molecule has 1 amide bonds. The minimum Gasteiger partial charge on any atom is -0.339 e. The fourth-order valence-electron chi connectivity index (χ4n) is 3.55. The summed E-state index contributed by atoms with van der Waals surface area (Å²) in [6, 6.07) is 10.5. The van der Waals surface area contributed by atoms with Crippen LogP contribution in [0.4, 0.5) is 17.6 Å². The van der Waals surface area contributed by atoms with E-state index in [4.69, 9.17) is 5.73 Å². The number of benzene rings is 2. The number of rotatable bonds is 5. The first kappa shape index (κ1) is 21.3. The van der Waals surface area contributed by atoms with Gasteiger partial charge < -0.3 is 10.6 Å². The molecule has 0 saturated carbocycles. The van der Waals surface area contributed by atoms with Gasteiger partial charge in [0.05, 0.1) is 11.6 Å². The number of hydrogen-bond donors (Lipinski definition) is 1. The third-order valence-electron chi connectivity index (χ3n) is 5.06. The van der Waals surface area contributed by atoms with E-state index in [2.05, 4.69) is 4.90 Å².